The molecular weight excluding hydrogens is 308 g/mol. The zero-order valence-electron chi connectivity index (χ0n) is 13.6. The molecule has 0 spiro atoms. The van der Waals surface area contributed by atoms with Gasteiger partial charge in [0.05, 0.1) is 6.54 Å². The predicted octanol–water partition coefficient (Wildman–Crippen LogP) is 1.37. The predicted molar refractivity (Wildman–Crippen MR) is 86.8 cm³/mol. The normalized spacial score (nSPS) is 13.1. The van der Waals surface area contributed by atoms with Crippen molar-refractivity contribution in [1.29, 1.82) is 0 Å². The first-order valence-electron chi connectivity index (χ1n) is 7.99. The van der Waals surface area contributed by atoms with E-state index in [2.05, 4.69) is 15.5 Å². The average molecular weight is 328 g/mol. The quantitative estimate of drug-likeness (QED) is 0.776. The van der Waals surface area contributed by atoms with Crippen LogP contribution >= 0.6 is 0 Å². The van der Waals surface area contributed by atoms with Gasteiger partial charge in [0.2, 0.25) is 0 Å². The monoisotopic (exact) mass is 328 g/mol. The van der Waals surface area contributed by atoms with Crippen molar-refractivity contribution in [3.05, 3.63) is 47.0 Å². The minimum absolute atomic E-state index is 0.109. The number of aryl methyl sites for hydroxylation is 1. The van der Waals surface area contributed by atoms with Crippen molar-refractivity contribution in [2.24, 2.45) is 0 Å². The van der Waals surface area contributed by atoms with E-state index in [1.165, 1.54) is 0 Å². The molecule has 1 aliphatic carbocycles. The summed E-state index contributed by atoms with van der Waals surface area (Å²) in [4.78, 5) is 24.3. The molecule has 3 rings (SSSR count). The van der Waals surface area contributed by atoms with Gasteiger partial charge in [-0.25, -0.2) is 0 Å². The van der Waals surface area contributed by atoms with Gasteiger partial charge < -0.3 is 14.6 Å². The van der Waals surface area contributed by atoms with Crippen LogP contribution in [0.3, 0.4) is 0 Å². The molecule has 0 saturated heterocycles. The average Bonchev–Trinajstić information content (AvgIpc) is 3.20. The Labute approximate surface area is 140 Å². The van der Waals surface area contributed by atoms with Crippen LogP contribution in [0.5, 0.6) is 0 Å². The fourth-order valence-corrected chi connectivity index (χ4v) is 2.94. The number of nitrogens with one attached hydrogen (secondary N) is 1. The first-order valence-corrected chi connectivity index (χ1v) is 7.99. The van der Waals surface area contributed by atoms with Crippen LogP contribution in [-0.4, -0.2) is 40.2 Å². The fraction of sp³-hybridized carbons (Fsp3) is 0.412. The molecule has 0 unspecified atom stereocenters. The number of fused-ring (bicyclic) bond motifs is 1. The summed E-state index contributed by atoms with van der Waals surface area (Å²) >= 11 is 0. The molecule has 0 atom stereocenters. The number of ketones is 1. The summed E-state index contributed by atoms with van der Waals surface area (Å²) in [5.41, 5.74) is 2.09. The van der Waals surface area contributed by atoms with Crippen molar-refractivity contribution >= 4 is 11.7 Å². The van der Waals surface area contributed by atoms with Crippen molar-refractivity contribution < 1.29 is 14.3 Å². The molecule has 7 nitrogen and oxygen atoms in total. The number of aromatic nitrogens is 3. The van der Waals surface area contributed by atoms with E-state index in [1.807, 2.05) is 4.57 Å². The summed E-state index contributed by atoms with van der Waals surface area (Å²) in [5.74, 6) is 0.619. The number of Topliss-reactive ketones (excluding diaryl/α,β-unsaturated/α-hetero) is 1. The SMILES string of the molecule is COCCCn1cnnc1CNC(=O)c1cccc2c1CCC2=O. The molecule has 0 aliphatic heterocycles. The molecule has 1 heterocycles. The van der Waals surface area contributed by atoms with Gasteiger partial charge in [-0.3, -0.25) is 9.59 Å². The molecule has 0 bridgehead atoms. The second-order valence-corrected chi connectivity index (χ2v) is 5.72. The highest BCUT2D eigenvalue weighted by Crippen LogP contribution is 2.25. The van der Waals surface area contributed by atoms with Gasteiger partial charge in [0.25, 0.3) is 5.91 Å². The first kappa shape index (κ1) is 16.3. The van der Waals surface area contributed by atoms with E-state index in [0.717, 1.165) is 18.5 Å². The Kier molecular flexibility index (Phi) is 5.00. The molecule has 2 aromatic rings. The molecule has 7 heteroatoms. The zero-order chi connectivity index (χ0) is 16.9. The molecule has 0 fully saturated rings. The van der Waals surface area contributed by atoms with Crippen molar-refractivity contribution in [3.63, 3.8) is 0 Å². The third-order valence-electron chi connectivity index (χ3n) is 4.17. The second-order valence-electron chi connectivity index (χ2n) is 5.72. The maximum absolute atomic E-state index is 12.5. The Morgan fingerprint density at radius 1 is 1.38 bits per heavy atom. The molecule has 24 heavy (non-hydrogen) atoms. The minimum Gasteiger partial charge on any atom is -0.385 e. The van der Waals surface area contributed by atoms with Crippen molar-refractivity contribution in [3.8, 4) is 0 Å². The Morgan fingerprint density at radius 2 is 2.25 bits per heavy atom. The number of rotatable bonds is 7. The highest BCUT2D eigenvalue weighted by Gasteiger charge is 2.24. The molecule has 126 valence electrons. The second kappa shape index (κ2) is 7.35. The number of hydrogen-bond acceptors (Lipinski definition) is 5. The number of nitrogens with zero attached hydrogens (tertiary/aromatic N) is 3. The van der Waals surface area contributed by atoms with Crippen molar-refractivity contribution in [1.82, 2.24) is 20.1 Å². The molecule has 1 aromatic heterocycles. The van der Waals surface area contributed by atoms with Crippen LogP contribution < -0.4 is 5.32 Å². The Morgan fingerprint density at radius 3 is 3.08 bits per heavy atom. The highest BCUT2D eigenvalue weighted by molar-refractivity contribution is 6.05. The lowest BCUT2D eigenvalue weighted by Crippen LogP contribution is -2.26. The van der Waals surface area contributed by atoms with Gasteiger partial charge >= 0.3 is 0 Å². The summed E-state index contributed by atoms with van der Waals surface area (Å²) in [7, 11) is 1.66. The zero-order valence-corrected chi connectivity index (χ0v) is 13.6. The Bertz CT molecular complexity index is 754. The number of methoxy groups -OCH3 is 1. The molecule has 1 aliphatic rings. The largest absolute Gasteiger partial charge is 0.385 e. The van der Waals surface area contributed by atoms with E-state index in [9.17, 15) is 9.59 Å². The van der Waals surface area contributed by atoms with E-state index < -0.39 is 0 Å². The molecule has 0 radical (unpaired) electrons. The van der Waals surface area contributed by atoms with Gasteiger partial charge in [-0.2, -0.15) is 0 Å². The summed E-state index contributed by atoms with van der Waals surface area (Å²) < 4.78 is 6.94. The van der Waals surface area contributed by atoms with Crippen LogP contribution in [0.4, 0.5) is 0 Å². The molecule has 0 saturated carbocycles. The van der Waals surface area contributed by atoms with Crippen LogP contribution in [-0.2, 0) is 24.2 Å². The highest BCUT2D eigenvalue weighted by atomic mass is 16.5. The van der Waals surface area contributed by atoms with Gasteiger partial charge in [0.15, 0.2) is 11.6 Å². The molecular formula is C17H20N4O3. The Hall–Kier alpha value is -2.54. The number of ether oxygens (including phenoxy) is 1. The van der Waals surface area contributed by atoms with E-state index in [-0.39, 0.29) is 11.7 Å². The van der Waals surface area contributed by atoms with Crippen molar-refractivity contribution in [2.45, 2.75) is 32.4 Å². The van der Waals surface area contributed by atoms with Crippen LogP contribution in [0.25, 0.3) is 0 Å². The fourth-order valence-electron chi connectivity index (χ4n) is 2.94. The maximum atomic E-state index is 12.5. The summed E-state index contributed by atoms with van der Waals surface area (Å²) in [5, 5.41) is 10.8. The van der Waals surface area contributed by atoms with E-state index in [0.29, 0.717) is 42.9 Å². The van der Waals surface area contributed by atoms with Gasteiger partial charge in [-0.05, 0) is 24.5 Å². The van der Waals surface area contributed by atoms with Gasteiger partial charge in [0, 0.05) is 37.8 Å². The third-order valence-corrected chi connectivity index (χ3v) is 4.17. The number of benzene rings is 1. The van der Waals surface area contributed by atoms with Crippen LogP contribution in [0.1, 0.15) is 44.9 Å². The van der Waals surface area contributed by atoms with Gasteiger partial charge in [-0.15, -0.1) is 10.2 Å². The van der Waals surface area contributed by atoms with Crippen LogP contribution in [0, 0.1) is 0 Å². The summed E-state index contributed by atoms with van der Waals surface area (Å²) in [6.07, 6.45) is 3.61. The Balaban J connectivity index is 1.65. The van der Waals surface area contributed by atoms with Crippen LogP contribution in [0.2, 0.25) is 0 Å². The van der Waals surface area contributed by atoms with Crippen molar-refractivity contribution in [2.75, 3.05) is 13.7 Å². The van der Waals surface area contributed by atoms with E-state index >= 15 is 0 Å². The van der Waals surface area contributed by atoms with E-state index in [4.69, 9.17) is 4.74 Å². The third kappa shape index (κ3) is 3.35. The molecule has 1 N–H and O–H groups in total. The number of carbonyl (C=O) groups excluding carboxylic acids is 2. The van der Waals surface area contributed by atoms with Crippen LogP contribution in [0.15, 0.2) is 24.5 Å². The standard InChI is InChI=1S/C17H20N4O3/c1-24-9-3-8-21-11-19-20-16(21)10-18-17(23)14-5-2-4-13-12(14)6-7-15(13)22/h2,4-5,11H,3,6-10H2,1H3,(H,18,23). The van der Waals surface area contributed by atoms with Gasteiger partial charge in [0.1, 0.15) is 6.33 Å². The summed E-state index contributed by atoms with van der Waals surface area (Å²) in [6, 6.07) is 5.30. The molecule has 1 aromatic carbocycles. The number of amides is 1. The van der Waals surface area contributed by atoms with E-state index in [1.54, 1.807) is 31.6 Å². The summed E-state index contributed by atoms with van der Waals surface area (Å²) in [6.45, 7) is 1.69. The topological polar surface area (TPSA) is 86.1 Å². The minimum atomic E-state index is -0.187. The lowest BCUT2D eigenvalue weighted by molar-refractivity contribution is 0.0947. The lowest BCUT2D eigenvalue weighted by Gasteiger charge is -2.10. The number of hydrogen-bond donors (Lipinski definition) is 1. The number of carbonyl (C=O) groups is 2. The molecule has 1 amide bonds. The maximum Gasteiger partial charge on any atom is 0.251 e. The van der Waals surface area contributed by atoms with Gasteiger partial charge in [-0.1, -0.05) is 12.1 Å². The first-order chi connectivity index (χ1) is 11.7. The smallest absolute Gasteiger partial charge is 0.251 e. The lowest BCUT2D eigenvalue weighted by atomic mass is 10.0.